The number of hydrogen-bond acceptors (Lipinski definition) is 6. The van der Waals surface area contributed by atoms with Gasteiger partial charge in [0.2, 0.25) is 23.6 Å². The minimum atomic E-state index is -1.11. The number of carbonyl (C=O) groups excluding carboxylic acids is 4. The number of carbonyl (C=O) groups is 5. The fraction of sp³-hybridized carbons (Fsp3) is 0.261. The standard InChI is InChI=1S/C23H27N5O6/c1-14(10-18(29)27-17-9-5-8-16(11-17)23(33)34)26-20(31)13-25-22(32)21(28-19(30)12-24)15-6-3-2-4-7-15/h2-9,11,14,21H,10,12-13,24H2,1H3,(H,25,32)(H,26,31)(H,27,29)(H,28,30)(H,33,34). The van der Waals surface area contributed by atoms with Gasteiger partial charge in [0.15, 0.2) is 0 Å². The molecule has 0 aliphatic carbocycles. The van der Waals surface area contributed by atoms with E-state index < -0.39 is 41.7 Å². The first-order valence-electron chi connectivity index (χ1n) is 10.4. The van der Waals surface area contributed by atoms with E-state index >= 15 is 0 Å². The van der Waals surface area contributed by atoms with Gasteiger partial charge in [-0.2, -0.15) is 0 Å². The highest BCUT2D eigenvalue weighted by atomic mass is 16.4. The molecule has 0 saturated carbocycles. The molecule has 180 valence electrons. The molecule has 2 unspecified atom stereocenters. The summed E-state index contributed by atoms with van der Waals surface area (Å²) in [5.41, 5.74) is 6.20. The topological polar surface area (TPSA) is 180 Å². The first kappa shape index (κ1) is 26.0. The number of nitrogens with two attached hydrogens (primary N) is 1. The molecule has 2 atom stereocenters. The smallest absolute Gasteiger partial charge is 0.335 e. The van der Waals surface area contributed by atoms with Crippen molar-refractivity contribution in [1.82, 2.24) is 16.0 Å². The molecule has 0 bridgehead atoms. The molecule has 7 N–H and O–H groups in total. The van der Waals surface area contributed by atoms with Crippen molar-refractivity contribution in [2.24, 2.45) is 5.73 Å². The third kappa shape index (κ3) is 8.36. The average molecular weight is 469 g/mol. The number of hydrogen-bond donors (Lipinski definition) is 6. The average Bonchev–Trinajstić information content (AvgIpc) is 2.81. The minimum Gasteiger partial charge on any atom is -0.478 e. The van der Waals surface area contributed by atoms with Crippen LogP contribution in [0.25, 0.3) is 0 Å². The predicted molar refractivity (Wildman–Crippen MR) is 124 cm³/mol. The third-order valence-corrected chi connectivity index (χ3v) is 4.60. The molecule has 2 rings (SSSR count). The number of rotatable bonds is 11. The Balaban J connectivity index is 1.85. The van der Waals surface area contributed by atoms with E-state index in [1.807, 2.05) is 0 Å². The summed E-state index contributed by atoms with van der Waals surface area (Å²) >= 11 is 0. The quantitative estimate of drug-likeness (QED) is 0.271. The Hall–Kier alpha value is -4.25. The first-order valence-corrected chi connectivity index (χ1v) is 10.4. The summed E-state index contributed by atoms with van der Waals surface area (Å²) in [5, 5.41) is 19.2. The van der Waals surface area contributed by atoms with E-state index in [0.29, 0.717) is 11.3 Å². The summed E-state index contributed by atoms with van der Waals surface area (Å²) in [6.07, 6.45) is -0.0732. The van der Waals surface area contributed by atoms with E-state index in [4.69, 9.17) is 10.8 Å². The number of anilines is 1. The fourth-order valence-corrected chi connectivity index (χ4v) is 3.03. The van der Waals surface area contributed by atoms with Gasteiger partial charge in [-0.3, -0.25) is 19.2 Å². The van der Waals surface area contributed by atoms with Crippen LogP contribution in [0.5, 0.6) is 0 Å². The Labute approximate surface area is 196 Å². The van der Waals surface area contributed by atoms with Crippen LogP contribution in [-0.4, -0.2) is 53.8 Å². The number of amides is 4. The summed E-state index contributed by atoms with van der Waals surface area (Å²) in [6.45, 7) is 0.950. The lowest BCUT2D eigenvalue weighted by Crippen LogP contribution is -2.46. The molecule has 0 aliphatic rings. The minimum absolute atomic E-state index is 0.0337. The highest BCUT2D eigenvalue weighted by molar-refractivity contribution is 5.95. The zero-order valence-corrected chi connectivity index (χ0v) is 18.5. The second-order valence-electron chi connectivity index (χ2n) is 7.44. The van der Waals surface area contributed by atoms with Gasteiger partial charge in [-0.15, -0.1) is 0 Å². The summed E-state index contributed by atoms with van der Waals surface area (Å²) < 4.78 is 0. The van der Waals surface area contributed by atoms with E-state index in [1.54, 1.807) is 43.3 Å². The van der Waals surface area contributed by atoms with Crippen LogP contribution < -0.4 is 27.0 Å². The Morgan fingerprint density at radius 1 is 0.912 bits per heavy atom. The molecule has 0 aromatic heterocycles. The largest absolute Gasteiger partial charge is 0.478 e. The van der Waals surface area contributed by atoms with Crippen LogP contribution in [0.1, 0.15) is 35.3 Å². The molecule has 0 heterocycles. The summed E-state index contributed by atoms with van der Waals surface area (Å²) in [7, 11) is 0. The lowest BCUT2D eigenvalue weighted by molar-refractivity contribution is -0.130. The van der Waals surface area contributed by atoms with Gasteiger partial charge in [0.1, 0.15) is 6.04 Å². The lowest BCUT2D eigenvalue weighted by Gasteiger charge is -2.19. The molecule has 11 nitrogen and oxygen atoms in total. The molecular weight excluding hydrogens is 442 g/mol. The molecule has 4 amide bonds. The molecule has 0 fully saturated rings. The highest BCUT2D eigenvalue weighted by Crippen LogP contribution is 2.13. The van der Waals surface area contributed by atoms with Gasteiger partial charge < -0.3 is 32.1 Å². The van der Waals surface area contributed by atoms with E-state index in [-0.39, 0.29) is 25.1 Å². The number of carboxylic acid groups (broad SMARTS) is 1. The van der Waals surface area contributed by atoms with Crippen molar-refractivity contribution in [3.05, 3.63) is 65.7 Å². The van der Waals surface area contributed by atoms with Crippen molar-refractivity contribution in [2.45, 2.75) is 25.4 Å². The van der Waals surface area contributed by atoms with Crippen LogP contribution in [0.2, 0.25) is 0 Å². The zero-order chi connectivity index (χ0) is 25.1. The van der Waals surface area contributed by atoms with E-state index in [1.165, 1.54) is 18.2 Å². The molecule has 2 aromatic rings. The summed E-state index contributed by atoms with van der Waals surface area (Å²) in [6, 6.07) is 12.7. The molecule has 0 aliphatic heterocycles. The van der Waals surface area contributed by atoms with Gasteiger partial charge in [0.05, 0.1) is 18.7 Å². The van der Waals surface area contributed by atoms with Crippen LogP contribution in [0, 0.1) is 0 Å². The summed E-state index contributed by atoms with van der Waals surface area (Å²) in [5.74, 6) is -3.18. The van der Waals surface area contributed by atoms with Gasteiger partial charge in [0.25, 0.3) is 0 Å². The lowest BCUT2D eigenvalue weighted by atomic mass is 10.1. The Morgan fingerprint density at radius 2 is 1.62 bits per heavy atom. The third-order valence-electron chi connectivity index (χ3n) is 4.60. The number of carboxylic acids is 1. The highest BCUT2D eigenvalue weighted by Gasteiger charge is 2.23. The van der Waals surface area contributed by atoms with E-state index in [2.05, 4.69) is 21.3 Å². The van der Waals surface area contributed by atoms with Crippen LogP contribution in [0.15, 0.2) is 54.6 Å². The van der Waals surface area contributed by atoms with Gasteiger partial charge in [0, 0.05) is 18.2 Å². The molecule has 2 aromatic carbocycles. The molecular formula is C23H27N5O6. The normalized spacial score (nSPS) is 12.1. The maximum absolute atomic E-state index is 12.6. The second-order valence-corrected chi connectivity index (χ2v) is 7.44. The zero-order valence-electron chi connectivity index (χ0n) is 18.5. The van der Waals surface area contributed by atoms with Crippen LogP contribution in [-0.2, 0) is 19.2 Å². The Bertz CT molecular complexity index is 1040. The number of nitrogens with one attached hydrogen (secondary N) is 4. The van der Waals surface area contributed by atoms with Gasteiger partial charge in [-0.25, -0.2) is 4.79 Å². The van der Waals surface area contributed by atoms with Gasteiger partial charge in [-0.05, 0) is 30.7 Å². The maximum Gasteiger partial charge on any atom is 0.335 e. The van der Waals surface area contributed by atoms with E-state index in [9.17, 15) is 24.0 Å². The summed E-state index contributed by atoms with van der Waals surface area (Å²) in [4.78, 5) is 59.7. The van der Waals surface area contributed by atoms with Gasteiger partial charge in [-0.1, -0.05) is 36.4 Å². The first-order chi connectivity index (χ1) is 16.2. The van der Waals surface area contributed by atoms with Crippen LogP contribution in [0.4, 0.5) is 5.69 Å². The van der Waals surface area contributed by atoms with Crippen LogP contribution in [0.3, 0.4) is 0 Å². The predicted octanol–water partition coefficient (Wildman–Crippen LogP) is 0.151. The van der Waals surface area contributed by atoms with Crippen molar-refractivity contribution in [1.29, 1.82) is 0 Å². The van der Waals surface area contributed by atoms with Crippen molar-refractivity contribution in [2.75, 3.05) is 18.4 Å². The Kier molecular flexibility index (Phi) is 9.72. The van der Waals surface area contributed by atoms with Crippen LogP contribution >= 0.6 is 0 Å². The number of aromatic carboxylic acids is 1. The molecule has 0 spiro atoms. The maximum atomic E-state index is 12.6. The molecule has 0 saturated heterocycles. The van der Waals surface area contributed by atoms with Crippen molar-refractivity contribution in [3.8, 4) is 0 Å². The SMILES string of the molecule is CC(CC(=O)Nc1cccc(C(=O)O)c1)NC(=O)CNC(=O)C(NC(=O)CN)c1ccccc1. The van der Waals surface area contributed by atoms with Crippen molar-refractivity contribution in [3.63, 3.8) is 0 Å². The van der Waals surface area contributed by atoms with E-state index in [0.717, 1.165) is 0 Å². The number of benzene rings is 2. The molecule has 11 heteroatoms. The van der Waals surface area contributed by atoms with Gasteiger partial charge >= 0.3 is 5.97 Å². The fourth-order valence-electron chi connectivity index (χ4n) is 3.03. The second kappa shape index (κ2) is 12.7. The van der Waals surface area contributed by atoms with Crippen molar-refractivity contribution >= 4 is 35.3 Å². The molecule has 34 heavy (non-hydrogen) atoms. The van der Waals surface area contributed by atoms with Crippen molar-refractivity contribution < 1.29 is 29.1 Å². The monoisotopic (exact) mass is 469 g/mol. The molecule has 0 radical (unpaired) electrons. The Morgan fingerprint density at radius 3 is 2.26 bits per heavy atom.